The molecule has 0 aliphatic heterocycles. The van der Waals surface area contributed by atoms with Crippen molar-refractivity contribution in [3.8, 4) is 0 Å². The molecule has 0 saturated carbocycles. The molecule has 0 aromatic carbocycles. The quantitative estimate of drug-likeness (QED) is 0.704. The largest absolute Gasteiger partial charge is 0.323 e. The fourth-order valence-corrected chi connectivity index (χ4v) is 1.32. The molecule has 0 amide bonds. The molecule has 13 heavy (non-hydrogen) atoms. The van der Waals surface area contributed by atoms with Crippen molar-refractivity contribution in [2.75, 3.05) is 0 Å². The Bertz CT molecular complexity index is 430. The molecule has 1 atom stereocenters. The normalized spacial score (nSPS) is 13.5. The molecule has 1 unspecified atom stereocenters. The minimum Gasteiger partial charge on any atom is -0.323 e. The molecule has 0 spiro atoms. The van der Waals surface area contributed by atoms with Gasteiger partial charge in [0.1, 0.15) is 5.52 Å². The third-order valence-corrected chi connectivity index (χ3v) is 1.99. The number of rotatable bonds is 1. The lowest BCUT2D eigenvalue weighted by Gasteiger charge is -2.02. The molecule has 0 aliphatic carbocycles. The molecule has 0 saturated heterocycles. The molecular formula is C9H12N4. The number of nitrogens with two attached hydrogens (primary N) is 1. The maximum absolute atomic E-state index is 5.72. The van der Waals surface area contributed by atoms with Gasteiger partial charge < -0.3 is 5.73 Å². The van der Waals surface area contributed by atoms with Crippen LogP contribution in [0.15, 0.2) is 18.5 Å². The number of nitrogens with zero attached hydrogens (tertiary/aromatic N) is 3. The molecule has 2 rings (SSSR count). The van der Waals surface area contributed by atoms with E-state index in [0.717, 1.165) is 16.6 Å². The molecule has 0 bridgehead atoms. The topological polar surface area (TPSA) is 56.7 Å². The number of hydrogen-bond acceptors (Lipinski definition) is 3. The van der Waals surface area contributed by atoms with Crippen LogP contribution in [-0.4, -0.2) is 14.8 Å². The smallest absolute Gasteiger partial charge is 0.111 e. The first-order valence-electron chi connectivity index (χ1n) is 4.21. The van der Waals surface area contributed by atoms with Crippen LogP contribution in [0, 0.1) is 0 Å². The molecule has 68 valence electrons. The van der Waals surface area contributed by atoms with E-state index < -0.39 is 0 Å². The molecule has 0 radical (unpaired) electrons. The zero-order chi connectivity index (χ0) is 9.42. The lowest BCUT2D eigenvalue weighted by molar-refractivity contribution is 0.777. The van der Waals surface area contributed by atoms with Crippen molar-refractivity contribution in [3.05, 3.63) is 24.2 Å². The van der Waals surface area contributed by atoms with Gasteiger partial charge in [-0.2, -0.15) is 5.10 Å². The van der Waals surface area contributed by atoms with E-state index in [1.807, 2.05) is 26.2 Å². The van der Waals surface area contributed by atoms with Gasteiger partial charge in [-0.1, -0.05) is 0 Å². The summed E-state index contributed by atoms with van der Waals surface area (Å²) in [7, 11) is 1.89. The Labute approximate surface area is 76.4 Å². The molecule has 2 heterocycles. The fraction of sp³-hybridized carbons (Fsp3) is 0.333. The van der Waals surface area contributed by atoms with Crippen molar-refractivity contribution in [1.29, 1.82) is 0 Å². The van der Waals surface area contributed by atoms with Crippen LogP contribution in [0.1, 0.15) is 18.7 Å². The Balaban J connectivity index is 2.61. The van der Waals surface area contributed by atoms with E-state index in [-0.39, 0.29) is 6.04 Å². The summed E-state index contributed by atoms with van der Waals surface area (Å²) >= 11 is 0. The minimum absolute atomic E-state index is 0.0235. The molecule has 4 heteroatoms. The standard InChI is InChI=1S/C9H12N4/c1-6(10)8-3-7-5-13(2)12-9(7)4-11-8/h3-6H,10H2,1-2H3. The highest BCUT2D eigenvalue weighted by Gasteiger charge is 2.04. The Hall–Kier alpha value is -1.42. The number of aryl methyl sites for hydroxylation is 1. The Morgan fingerprint density at radius 2 is 2.31 bits per heavy atom. The lowest BCUT2D eigenvalue weighted by Crippen LogP contribution is -2.06. The van der Waals surface area contributed by atoms with Crippen molar-refractivity contribution < 1.29 is 0 Å². The van der Waals surface area contributed by atoms with Crippen LogP contribution in [-0.2, 0) is 7.05 Å². The molecule has 4 nitrogen and oxygen atoms in total. The first kappa shape index (κ1) is 8.19. The lowest BCUT2D eigenvalue weighted by atomic mass is 10.2. The second-order valence-corrected chi connectivity index (χ2v) is 3.26. The van der Waals surface area contributed by atoms with Crippen LogP contribution in [0.3, 0.4) is 0 Å². The van der Waals surface area contributed by atoms with E-state index in [9.17, 15) is 0 Å². The summed E-state index contributed by atoms with van der Waals surface area (Å²) < 4.78 is 1.78. The highest BCUT2D eigenvalue weighted by molar-refractivity contribution is 5.77. The van der Waals surface area contributed by atoms with E-state index in [1.165, 1.54) is 0 Å². The summed E-state index contributed by atoms with van der Waals surface area (Å²) in [5.41, 5.74) is 7.53. The van der Waals surface area contributed by atoms with Gasteiger partial charge in [-0.15, -0.1) is 0 Å². The predicted octanol–water partition coefficient (Wildman–Crippen LogP) is 0.988. The third kappa shape index (κ3) is 1.40. The number of aromatic nitrogens is 3. The highest BCUT2D eigenvalue weighted by atomic mass is 15.2. The van der Waals surface area contributed by atoms with Gasteiger partial charge >= 0.3 is 0 Å². The average molecular weight is 176 g/mol. The van der Waals surface area contributed by atoms with E-state index in [0.29, 0.717) is 0 Å². The van der Waals surface area contributed by atoms with Gasteiger partial charge in [0.2, 0.25) is 0 Å². The summed E-state index contributed by atoms with van der Waals surface area (Å²) in [5, 5.41) is 5.31. The van der Waals surface area contributed by atoms with Gasteiger partial charge in [0.15, 0.2) is 0 Å². The molecule has 2 aromatic rings. The molecular weight excluding hydrogens is 164 g/mol. The molecule has 0 fully saturated rings. The van der Waals surface area contributed by atoms with E-state index in [4.69, 9.17) is 5.73 Å². The van der Waals surface area contributed by atoms with Crippen LogP contribution in [0.2, 0.25) is 0 Å². The minimum atomic E-state index is -0.0235. The monoisotopic (exact) mass is 176 g/mol. The average Bonchev–Trinajstić information content (AvgIpc) is 2.42. The molecule has 2 aromatic heterocycles. The van der Waals surface area contributed by atoms with E-state index in [1.54, 1.807) is 10.9 Å². The van der Waals surface area contributed by atoms with Crippen molar-refractivity contribution in [2.24, 2.45) is 12.8 Å². The van der Waals surface area contributed by atoms with Gasteiger partial charge in [0, 0.05) is 24.7 Å². The maximum Gasteiger partial charge on any atom is 0.111 e. The van der Waals surface area contributed by atoms with E-state index in [2.05, 4.69) is 10.1 Å². The Morgan fingerprint density at radius 3 is 3.00 bits per heavy atom. The number of pyridine rings is 1. The summed E-state index contributed by atoms with van der Waals surface area (Å²) in [6, 6.07) is 1.96. The van der Waals surface area contributed by atoms with Crippen molar-refractivity contribution >= 4 is 10.9 Å². The van der Waals surface area contributed by atoms with Gasteiger partial charge in [-0.25, -0.2) is 0 Å². The van der Waals surface area contributed by atoms with Crippen LogP contribution in [0.5, 0.6) is 0 Å². The first-order valence-corrected chi connectivity index (χ1v) is 4.21. The zero-order valence-corrected chi connectivity index (χ0v) is 7.73. The Kier molecular flexibility index (Phi) is 1.77. The number of fused-ring (bicyclic) bond motifs is 1. The number of hydrogen-bond donors (Lipinski definition) is 1. The van der Waals surface area contributed by atoms with E-state index >= 15 is 0 Å². The predicted molar refractivity (Wildman–Crippen MR) is 51.1 cm³/mol. The third-order valence-electron chi connectivity index (χ3n) is 1.99. The van der Waals surface area contributed by atoms with Crippen LogP contribution in [0.25, 0.3) is 10.9 Å². The van der Waals surface area contributed by atoms with Gasteiger partial charge in [0.25, 0.3) is 0 Å². The highest BCUT2D eigenvalue weighted by Crippen LogP contribution is 2.14. The second kappa shape index (κ2) is 2.81. The van der Waals surface area contributed by atoms with Gasteiger partial charge in [-0.05, 0) is 13.0 Å². The summed E-state index contributed by atoms with van der Waals surface area (Å²) in [6.07, 6.45) is 3.72. The summed E-state index contributed by atoms with van der Waals surface area (Å²) in [6.45, 7) is 1.92. The SMILES string of the molecule is CC(N)c1cc2cn(C)nc2cn1. The first-order chi connectivity index (χ1) is 6.16. The van der Waals surface area contributed by atoms with Gasteiger partial charge in [-0.3, -0.25) is 9.67 Å². The van der Waals surface area contributed by atoms with Gasteiger partial charge in [0.05, 0.1) is 11.9 Å². The molecule has 2 N–H and O–H groups in total. The van der Waals surface area contributed by atoms with Crippen LogP contribution in [0.4, 0.5) is 0 Å². The van der Waals surface area contributed by atoms with Crippen LogP contribution < -0.4 is 5.73 Å². The summed E-state index contributed by atoms with van der Waals surface area (Å²) in [5.74, 6) is 0. The van der Waals surface area contributed by atoms with Crippen molar-refractivity contribution in [2.45, 2.75) is 13.0 Å². The Morgan fingerprint density at radius 1 is 1.54 bits per heavy atom. The zero-order valence-electron chi connectivity index (χ0n) is 7.73. The summed E-state index contributed by atoms with van der Waals surface area (Å²) in [4.78, 5) is 4.22. The van der Waals surface area contributed by atoms with Crippen LogP contribution >= 0.6 is 0 Å². The maximum atomic E-state index is 5.72. The second-order valence-electron chi connectivity index (χ2n) is 3.26. The van der Waals surface area contributed by atoms with Crippen molar-refractivity contribution in [3.63, 3.8) is 0 Å². The van der Waals surface area contributed by atoms with Crippen molar-refractivity contribution in [1.82, 2.24) is 14.8 Å². The molecule has 0 aliphatic rings. The fourth-order valence-electron chi connectivity index (χ4n) is 1.32.